The lowest BCUT2D eigenvalue weighted by Crippen LogP contribution is -2.58. The van der Waals surface area contributed by atoms with Crippen LogP contribution in [0.4, 0.5) is 4.79 Å². The average Bonchev–Trinajstić information content (AvgIpc) is 3.74. The second-order valence-corrected chi connectivity index (χ2v) is 13.0. The molecule has 0 saturated carbocycles. The smallest absolute Gasteiger partial charge is 0.410 e. The quantitative estimate of drug-likeness (QED) is 0.280. The van der Waals surface area contributed by atoms with E-state index in [0.29, 0.717) is 32.5 Å². The molecule has 0 aromatic heterocycles. The van der Waals surface area contributed by atoms with Gasteiger partial charge in [0.1, 0.15) is 24.7 Å². The van der Waals surface area contributed by atoms with Crippen molar-refractivity contribution in [3.8, 4) is 11.1 Å². The summed E-state index contributed by atoms with van der Waals surface area (Å²) in [6, 6.07) is 22.0. The predicted octanol–water partition coefficient (Wildman–Crippen LogP) is 4.10. The van der Waals surface area contributed by atoms with E-state index in [2.05, 4.69) is 22.8 Å². The third kappa shape index (κ3) is 7.77. The number of carbonyl (C=O) groups is 5. The fraction of sp³-hybridized carbons (Fsp3) is 0.395. The molecule has 1 aliphatic carbocycles. The van der Waals surface area contributed by atoms with Crippen molar-refractivity contribution in [3.05, 3.63) is 95.6 Å². The molecule has 0 bridgehead atoms. The van der Waals surface area contributed by atoms with Crippen molar-refractivity contribution in [3.63, 3.8) is 0 Å². The number of aliphatic carboxylic acids is 1. The Balaban J connectivity index is 1.14. The van der Waals surface area contributed by atoms with E-state index in [-0.39, 0.29) is 18.9 Å². The number of fused-ring (bicyclic) bond motifs is 3. The molecule has 4 amide bonds. The summed E-state index contributed by atoms with van der Waals surface area (Å²) in [5.41, 5.74) is 5.16. The third-order valence-corrected chi connectivity index (χ3v) is 9.70. The van der Waals surface area contributed by atoms with E-state index in [4.69, 9.17) is 4.74 Å². The van der Waals surface area contributed by atoms with Gasteiger partial charge in [0.2, 0.25) is 17.7 Å². The van der Waals surface area contributed by atoms with E-state index in [9.17, 15) is 29.1 Å². The highest BCUT2D eigenvalue weighted by Gasteiger charge is 2.39. The van der Waals surface area contributed by atoms with Crippen LogP contribution in [0.15, 0.2) is 78.9 Å². The summed E-state index contributed by atoms with van der Waals surface area (Å²) in [5.74, 6) is -2.98. The average molecular weight is 667 g/mol. The number of carboxylic acid groups (broad SMARTS) is 1. The van der Waals surface area contributed by atoms with Crippen LogP contribution in [-0.4, -0.2) is 89.1 Å². The number of amides is 4. The summed E-state index contributed by atoms with van der Waals surface area (Å²) in [5, 5.41) is 15.0. The molecule has 0 radical (unpaired) electrons. The van der Waals surface area contributed by atoms with Gasteiger partial charge in [0, 0.05) is 32.0 Å². The van der Waals surface area contributed by atoms with Crippen LogP contribution >= 0.6 is 0 Å². The van der Waals surface area contributed by atoms with Gasteiger partial charge in [0.05, 0.1) is 6.42 Å². The van der Waals surface area contributed by atoms with Crippen LogP contribution in [0.2, 0.25) is 0 Å². The number of carboxylic acids is 1. The van der Waals surface area contributed by atoms with Crippen molar-refractivity contribution in [2.45, 2.75) is 69.0 Å². The Bertz CT molecular complexity index is 1640. The number of ether oxygens (including phenoxy) is 1. The molecule has 0 spiro atoms. The maximum absolute atomic E-state index is 13.8. The van der Waals surface area contributed by atoms with Crippen LogP contribution in [0.1, 0.15) is 61.1 Å². The van der Waals surface area contributed by atoms with Crippen LogP contribution in [0.5, 0.6) is 0 Å². The molecule has 0 unspecified atom stereocenters. The Kier molecular flexibility index (Phi) is 10.6. The van der Waals surface area contributed by atoms with E-state index in [1.165, 1.54) is 4.90 Å². The minimum Gasteiger partial charge on any atom is -0.481 e. The second-order valence-electron chi connectivity index (χ2n) is 13.0. The van der Waals surface area contributed by atoms with Gasteiger partial charge in [0.25, 0.3) is 0 Å². The Morgan fingerprint density at radius 1 is 0.755 bits per heavy atom. The monoisotopic (exact) mass is 666 g/mol. The van der Waals surface area contributed by atoms with Gasteiger partial charge in [-0.3, -0.25) is 24.1 Å². The molecule has 3 aromatic carbocycles. The SMILES string of the molecule is O=C(O)C[C@H](NC(=O)[C@H](Cc1ccccc1)NC(=O)[C@@H]1CCCN1C(=O)OCC1c2ccccc2-c2ccccc21)C(=O)N1CCCCC1. The van der Waals surface area contributed by atoms with Gasteiger partial charge in [-0.1, -0.05) is 78.9 Å². The van der Waals surface area contributed by atoms with Crippen LogP contribution in [0, 0.1) is 0 Å². The molecule has 11 nitrogen and oxygen atoms in total. The molecule has 2 saturated heterocycles. The van der Waals surface area contributed by atoms with Crippen molar-refractivity contribution in [1.82, 2.24) is 20.4 Å². The van der Waals surface area contributed by atoms with Crippen molar-refractivity contribution in [1.29, 1.82) is 0 Å². The first-order chi connectivity index (χ1) is 23.8. The molecular formula is C38H42N4O7. The molecule has 3 atom stereocenters. The van der Waals surface area contributed by atoms with Gasteiger partial charge in [-0.2, -0.15) is 0 Å². The van der Waals surface area contributed by atoms with E-state index in [1.807, 2.05) is 66.7 Å². The number of nitrogens with zero attached hydrogens (tertiary/aromatic N) is 2. The van der Waals surface area contributed by atoms with Gasteiger partial charge < -0.3 is 25.4 Å². The van der Waals surface area contributed by atoms with Gasteiger partial charge in [-0.05, 0) is 59.9 Å². The first-order valence-electron chi connectivity index (χ1n) is 17.1. The lowest BCUT2D eigenvalue weighted by Gasteiger charge is -2.31. The number of hydrogen-bond donors (Lipinski definition) is 3. The molecular weight excluding hydrogens is 624 g/mol. The number of hydrogen-bond acceptors (Lipinski definition) is 6. The van der Waals surface area contributed by atoms with Crippen molar-refractivity contribution in [2.75, 3.05) is 26.2 Å². The molecule has 3 aromatic rings. The highest BCUT2D eigenvalue weighted by molar-refractivity contribution is 5.95. The Labute approximate surface area is 285 Å². The number of nitrogens with one attached hydrogen (secondary N) is 2. The lowest BCUT2D eigenvalue weighted by atomic mass is 9.98. The maximum atomic E-state index is 13.8. The van der Waals surface area contributed by atoms with Gasteiger partial charge >= 0.3 is 12.1 Å². The molecule has 49 heavy (non-hydrogen) atoms. The number of carbonyl (C=O) groups excluding carboxylic acids is 4. The summed E-state index contributed by atoms with van der Waals surface area (Å²) in [6.07, 6.45) is 2.52. The topological polar surface area (TPSA) is 145 Å². The minimum absolute atomic E-state index is 0.105. The number of piperidine rings is 1. The molecule has 256 valence electrons. The normalized spacial score (nSPS) is 18.2. The summed E-state index contributed by atoms with van der Waals surface area (Å²) >= 11 is 0. The first-order valence-corrected chi connectivity index (χ1v) is 17.1. The summed E-state index contributed by atoms with van der Waals surface area (Å²) in [4.78, 5) is 69.0. The number of likely N-dealkylation sites (tertiary alicyclic amines) is 2. The fourth-order valence-electron chi connectivity index (χ4n) is 7.24. The Morgan fingerprint density at radius 2 is 1.39 bits per heavy atom. The zero-order valence-corrected chi connectivity index (χ0v) is 27.4. The van der Waals surface area contributed by atoms with Gasteiger partial charge in [0.15, 0.2) is 0 Å². The summed E-state index contributed by atoms with van der Waals surface area (Å²) in [6.45, 7) is 1.45. The Hall–Kier alpha value is -5.19. The molecule has 6 rings (SSSR count). The predicted molar refractivity (Wildman–Crippen MR) is 181 cm³/mol. The fourth-order valence-corrected chi connectivity index (χ4v) is 7.24. The van der Waals surface area contributed by atoms with Crippen LogP contribution in [-0.2, 0) is 30.3 Å². The molecule has 2 fully saturated rings. The molecule has 3 aliphatic rings. The van der Waals surface area contributed by atoms with E-state index >= 15 is 0 Å². The third-order valence-electron chi connectivity index (χ3n) is 9.70. The second kappa shape index (κ2) is 15.4. The van der Waals surface area contributed by atoms with Crippen molar-refractivity contribution in [2.24, 2.45) is 0 Å². The highest BCUT2D eigenvalue weighted by atomic mass is 16.6. The lowest BCUT2D eigenvalue weighted by molar-refractivity contribution is -0.144. The van der Waals surface area contributed by atoms with Crippen LogP contribution in [0.25, 0.3) is 11.1 Å². The first kappa shape index (κ1) is 33.7. The Morgan fingerprint density at radius 3 is 2.04 bits per heavy atom. The van der Waals surface area contributed by atoms with Crippen molar-refractivity contribution >= 4 is 29.8 Å². The largest absolute Gasteiger partial charge is 0.481 e. The molecule has 2 heterocycles. The highest BCUT2D eigenvalue weighted by Crippen LogP contribution is 2.44. The summed E-state index contributed by atoms with van der Waals surface area (Å²) in [7, 11) is 0. The van der Waals surface area contributed by atoms with E-state index in [0.717, 1.165) is 47.1 Å². The van der Waals surface area contributed by atoms with Gasteiger partial charge in [-0.15, -0.1) is 0 Å². The molecule has 2 aliphatic heterocycles. The van der Waals surface area contributed by atoms with Crippen LogP contribution < -0.4 is 10.6 Å². The summed E-state index contributed by atoms with van der Waals surface area (Å²) < 4.78 is 5.86. The van der Waals surface area contributed by atoms with Crippen molar-refractivity contribution < 1.29 is 33.8 Å². The number of benzene rings is 3. The van der Waals surface area contributed by atoms with E-state index in [1.54, 1.807) is 4.90 Å². The van der Waals surface area contributed by atoms with E-state index < -0.39 is 54.3 Å². The minimum atomic E-state index is -1.28. The molecule has 3 N–H and O–H groups in total. The number of rotatable bonds is 11. The van der Waals surface area contributed by atoms with Gasteiger partial charge in [-0.25, -0.2) is 4.79 Å². The molecule has 11 heteroatoms. The zero-order valence-electron chi connectivity index (χ0n) is 27.4. The maximum Gasteiger partial charge on any atom is 0.410 e. The standard InChI is InChI=1S/C38H42N4O7/c43-34(44)23-32(37(47)41-19-9-2-10-20-41)40-35(45)31(22-25-12-3-1-4-13-25)39-36(46)33-18-11-21-42(33)38(48)49-24-30-28-16-7-5-14-26(28)27-15-6-8-17-29(27)30/h1,3-8,12-17,30-33H,2,9-11,18-24H2,(H,39,46)(H,40,45)(H,43,44)/t31-,32-,33-/m0/s1. The zero-order chi connectivity index (χ0) is 34.3. The van der Waals surface area contributed by atoms with Crippen LogP contribution in [0.3, 0.4) is 0 Å².